The third-order valence-corrected chi connectivity index (χ3v) is 8.48. The summed E-state index contributed by atoms with van der Waals surface area (Å²) in [5, 5.41) is 3.61. The predicted octanol–water partition coefficient (Wildman–Crippen LogP) is 6.06. The molecule has 0 fully saturated rings. The predicted molar refractivity (Wildman–Crippen MR) is 134 cm³/mol. The summed E-state index contributed by atoms with van der Waals surface area (Å²) in [6, 6.07) is 20.9. The number of anilines is 3. The second kappa shape index (κ2) is 8.84. The van der Waals surface area contributed by atoms with Gasteiger partial charge in [0.05, 0.1) is 10.6 Å². The number of nitrogen functional groups attached to an aromatic ring is 1. The number of hydrogen-bond donors (Lipinski definition) is 2. The van der Waals surface area contributed by atoms with Crippen LogP contribution in [0.1, 0.15) is 31.9 Å². The first-order valence-corrected chi connectivity index (χ1v) is 12.7. The van der Waals surface area contributed by atoms with Crippen molar-refractivity contribution in [1.82, 2.24) is 0 Å². The Morgan fingerprint density at radius 3 is 2.00 bits per heavy atom. The van der Waals surface area contributed by atoms with E-state index in [-0.39, 0.29) is 26.1 Å². The maximum atomic E-state index is 13.6. The Morgan fingerprint density at radius 1 is 0.879 bits per heavy atom. The van der Waals surface area contributed by atoms with Crippen LogP contribution in [0.15, 0.2) is 82.6 Å². The van der Waals surface area contributed by atoms with E-state index in [1.54, 1.807) is 42.5 Å². The second-order valence-electron chi connectivity index (χ2n) is 7.91. The number of carbonyl (C=O) groups excluding carboxylic acids is 1. The van der Waals surface area contributed by atoms with Crippen LogP contribution in [-0.2, 0) is 9.84 Å². The third-order valence-electron chi connectivity index (χ3n) is 5.38. The summed E-state index contributed by atoms with van der Waals surface area (Å²) in [5.41, 5.74) is 10.6. The molecule has 168 valence electrons. The van der Waals surface area contributed by atoms with Crippen LogP contribution in [-0.4, -0.2) is 14.2 Å². The largest absolute Gasteiger partial charge is 0.396 e. The lowest BCUT2D eigenvalue weighted by atomic mass is 10.1. The van der Waals surface area contributed by atoms with Gasteiger partial charge < -0.3 is 11.1 Å². The van der Waals surface area contributed by atoms with Crippen LogP contribution in [0.2, 0.25) is 0 Å². The number of nitrogens with two attached hydrogens (primary N) is 1. The molecule has 0 unspecified atom stereocenters. The molecule has 0 aliphatic carbocycles. The van der Waals surface area contributed by atoms with Crippen LogP contribution in [0, 0.1) is 20.8 Å². The Morgan fingerprint density at radius 2 is 1.42 bits per heavy atom. The fourth-order valence-corrected chi connectivity index (χ4v) is 6.81. The summed E-state index contributed by atoms with van der Waals surface area (Å²) in [5.74, 6) is -0.312. The summed E-state index contributed by atoms with van der Waals surface area (Å²) in [7, 11) is -3.98. The van der Waals surface area contributed by atoms with Crippen molar-refractivity contribution in [3.05, 3.63) is 99.9 Å². The molecule has 33 heavy (non-hydrogen) atoms. The summed E-state index contributed by atoms with van der Waals surface area (Å²) >= 11 is 1.06. The molecular weight excluding hydrogens is 452 g/mol. The highest BCUT2D eigenvalue weighted by Crippen LogP contribution is 2.44. The van der Waals surface area contributed by atoms with Crippen molar-refractivity contribution in [2.45, 2.75) is 30.6 Å². The topological polar surface area (TPSA) is 89.3 Å². The minimum absolute atomic E-state index is 0.0392. The molecule has 3 N–H and O–H groups in total. The van der Waals surface area contributed by atoms with Crippen molar-refractivity contribution in [3.8, 4) is 0 Å². The first-order chi connectivity index (χ1) is 15.7. The zero-order chi connectivity index (χ0) is 23.8. The Balaban J connectivity index is 1.93. The van der Waals surface area contributed by atoms with Gasteiger partial charge in [0.25, 0.3) is 0 Å². The Labute approximate surface area is 197 Å². The van der Waals surface area contributed by atoms with Crippen molar-refractivity contribution in [1.29, 1.82) is 0 Å². The van der Waals surface area contributed by atoms with E-state index in [2.05, 4.69) is 5.32 Å². The SMILES string of the molecule is Cc1cc(C)c(Nc2sc(C(=O)c3ccccc3)c(N)c2S(=O)(=O)c2ccccc2)c(C)c1. The monoisotopic (exact) mass is 476 g/mol. The number of sulfone groups is 1. The number of ketones is 1. The Bertz CT molecular complexity index is 1420. The van der Waals surface area contributed by atoms with Gasteiger partial charge in [-0.3, -0.25) is 4.79 Å². The lowest BCUT2D eigenvalue weighted by Gasteiger charge is -2.14. The number of hydrogen-bond acceptors (Lipinski definition) is 6. The van der Waals surface area contributed by atoms with Crippen molar-refractivity contribution in [2.75, 3.05) is 11.1 Å². The number of nitrogens with one attached hydrogen (secondary N) is 1. The average molecular weight is 477 g/mol. The van der Waals surface area contributed by atoms with Gasteiger partial charge in [-0.2, -0.15) is 0 Å². The minimum atomic E-state index is -3.98. The maximum absolute atomic E-state index is 13.6. The molecule has 4 aromatic rings. The molecule has 0 radical (unpaired) electrons. The zero-order valence-electron chi connectivity index (χ0n) is 18.5. The first kappa shape index (κ1) is 22.8. The normalized spacial score (nSPS) is 11.4. The summed E-state index contributed by atoms with van der Waals surface area (Å²) < 4.78 is 27.3. The van der Waals surface area contributed by atoms with Gasteiger partial charge in [-0.1, -0.05) is 66.2 Å². The highest BCUT2D eigenvalue weighted by atomic mass is 32.2. The van der Waals surface area contributed by atoms with Crippen molar-refractivity contribution >= 4 is 43.3 Å². The maximum Gasteiger partial charge on any atom is 0.211 e. The summed E-state index contributed by atoms with van der Waals surface area (Å²) in [6.45, 7) is 5.93. The van der Waals surface area contributed by atoms with E-state index in [0.29, 0.717) is 10.6 Å². The number of carbonyl (C=O) groups is 1. The molecule has 0 atom stereocenters. The van der Waals surface area contributed by atoms with E-state index in [9.17, 15) is 13.2 Å². The molecule has 0 amide bonds. The van der Waals surface area contributed by atoms with Crippen molar-refractivity contribution in [3.63, 3.8) is 0 Å². The van der Waals surface area contributed by atoms with Crippen LogP contribution in [0.5, 0.6) is 0 Å². The molecule has 7 heteroatoms. The van der Waals surface area contributed by atoms with Gasteiger partial charge in [0.2, 0.25) is 15.6 Å². The molecule has 4 rings (SSSR count). The molecule has 0 aliphatic rings. The molecule has 0 bridgehead atoms. The van der Waals surface area contributed by atoms with E-state index in [0.717, 1.165) is 33.7 Å². The zero-order valence-corrected chi connectivity index (χ0v) is 20.2. The molecule has 0 spiro atoms. The third kappa shape index (κ3) is 4.29. The number of benzene rings is 3. The van der Waals surface area contributed by atoms with E-state index in [1.165, 1.54) is 12.1 Å². The lowest BCUT2D eigenvalue weighted by molar-refractivity contribution is 0.104. The van der Waals surface area contributed by atoms with Gasteiger partial charge in [0.1, 0.15) is 14.8 Å². The number of thiophene rings is 1. The van der Waals surface area contributed by atoms with Crippen LogP contribution >= 0.6 is 11.3 Å². The summed E-state index contributed by atoms with van der Waals surface area (Å²) in [6.07, 6.45) is 0. The number of rotatable bonds is 6. The minimum Gasteiger partial charge on any atom is -0.396 e. The molecular formula is C26H24N2O3S2. The van der Waals surface area contributed by atoms with Crippen molar-refractivity contribution < 1.29 is 13.2 Å². The highest BCUT2D eigenvalue weighted by Gasteiger charge is 2.32. The Kier molecular flexibility index (Phi) is 6.10. The van der Waals surface area contributed by atoms with Crippen molar-refractivity contribution in [2.24, 2.45) is 0 Å². The van der Waals surface area contributed by atoms with Crippen LogP contribution in [0.4, 0.5) is 16.4 Å². The fourth-order valence-electron chi connectivity index (χ4n) is 3.88. The second-order valence-corrected chi connectivity index (χ2v) is 10.8. The standard InChI is InChI=1S/C26H24N2O3S2/c1-16-14-17(2)22(18(3)15-16)28-26-25(33(30,31)20-12-8-5-9-13-20)21(27)24(32-26)23(29)19-10-6-4-7-11-19/h4-15,28H,27H2,1-3H3. The van der Waals surface area contributed by atoms with E-state index >= 15 is 0 Å². The molecule has 0 aliphatic heterocycles. The first-order valence-electron chi connectivity index (χ1n) is 10.4. The smallest absolute Gasteiger partial charge is 0.211 e. The van der Waals surface area contributed by atoms with Gasteiger partial charge in [-0.05, 0) is 44.0 Å². The van der Waals surface area contributed by atoms with Gasteiger partial charge in [0.15, 0.2) is 0 Å². The molecule has 1 heterocycles. The molecule has 0 saturated carbocycles. The van der Waals surface area contributed by atoms with Crippen LogP contribution < -0.4 is 11.1 Å². The molecule has 3 aromatic carbocycles. The molecule has 1 aromatic heterocycles. The van der Waals surface area contributed by atoms with Gasteiger partial charge in [-0.25, -0.2) is 8.42 Å². The summed E-state index contributed by atoms with van der Waals surface area (Å²) in [4.78, 5) is 13.5. The van der Waals surface area contributed by atoms with Crippen LogP contribution in [0.25, 0.3) is 0 Å². The highest BCUT2D eigenvalue weighted by molar-refractivity contribution is 7.92. The van der Waals surface area contributed by atoms with Crippen LogP contribution in [0.3, 0.4) is 0 Å². The van der Waals surface area contributed by atoms with Gasteiger partial charge in [-0.15, -0.1) is 11.3 Å². The average Bonchev–Trinajstić information content (AvgIpc) is 3.13. The van der Waals surface area contributed by atoms with E-state index in [1.807, 2.05) is 39.0 Å². The Hall–Kier alpha value is -3.42. The quantitative estimate of drug-likeness (QED) is 0.330. The van der Waals surface area contributed by atoms with Gasteiger partial charge in [0, 0.05) is 11.3 Å². The van der Waals surface area contributed by atoms with E-state index in [4.69, 9.17) is 5.73 Å². The molecule has 0 saturated heterocycles. The lowest BCUT2D eigenvalue weighted by Crippen LogP contribution is -2.08. The van der Waals surface area contributed by atoms with E-state index < -0.39 is 9.84 Å². The molecule has 5 nitrogen and oxygen atoms in total. The number of aryl methyl sites for hydroxylation is 3. The fraction of sp³-hybridized carbons (Fsp3) is 0.115. The van der Waals surface area contributed by atoms with Gasteiger partial charge >= 0.3 is 0 Å².